The monoisotopic (exact) mass is 244 g/mol. The Morgan fingerprint density at radius 2 is 2.31 bits per heavy atom. The van der Waals surface area contributed by atoms with Crippen LogP contribution in [0.5, 0.6) is 0 Å². The number of piperidine rings is 1. The number of nitrogens with two attached hydrogens (primary N) is 1. The number of likely N-dealkylation sites (tertiary alicyclic amines) is 1. The molecule has 94 valence electrons. The summed E-state index contributed by atoms with van der Waals surface area (Å²) in [5.74, 6) is 1.86. The van der Waals surface area contributed by atoms with Crippen LogP contribution in [0.2, 0.25) is 0 Å². The predicted molar refractivity (Wildman–Crippen MR) is 70.5 cm³/mol. The number of carbonyl (C=O) groups is 1. The maximum absolute atomic E-state index is 12.3. The molecule has 16 heavy (non-hydrogen) atoms. The van der Waals surface area contributed by atoms with E-state index in [-0.39, 0.29) is 17.9 Å². The van der Waals surface area contributed by atoms with Crippen LogP contribution in [0.15, 0.2) is 0 Å². The molecule has 0 radical (unpaired) electrons. The van der Waals surface area contributed by atoms with E-state index in [2.05, 4.69) is 6.92 Å². The van der Waals surface area contributed by atoms with Gasteiger partial charge in [-0.2, -0.15) is 11.8 Å². The van der Waals surface area contributed by atoms with Gasteiger partial charge >= 0.3 is 0 Å². The van der Waals surface area contributed by atoms with Gasteiger partial charge in [0.1, 0.15) is 0 Å². The molecule has 0 bridgehead atoms. The molecule has 0 aromatic carbocycles. The number of amides is 1. The molecule has 0 spiro atoms. The van der Waals surface area contributed by atoms with Crippen molar-refractivity contribution < 1.29 is 4.79 Å². The SMILES string of the molecule is CSCC(C)C(=O)N1CCCC(C)C1CN. The first-order chi connectivity index (χ1) is 7.61. The molecular formula is C12H24N2OS. The standard InChI is InChI=1S/C12H24N2OS/c1-9-5-4-6-14(11(9)7-13)12(15)10(2)8-16-3/h9-11H,4-8,13H2,1-3H3. The van der Waals surface area contributed by atoms with Crippen LogP contribution in [-0.4, -0.2) is 41.9 Å². The van der Waals surface area contributed by atoms with E-state index in [4.69, 9.17) is 5.73 Å². The first-order valence-electron chi connectivity index (χ1n) is 6.11. The largest absolute Gasteiger partial charge is 0.338 e. The molecule has 3 unspecified atom stereocenters. The van der Waals surface area contributed by atoms with Gasteiger partial charge in [0.15, 0.2) is 0 Å². The van der Waals surface area contributed by atoms with Crippen molar-refractivity contribution >= 4 is 17.7 Å². The second kappa shape index (κ2) is 6.50. The normalized spacial score (nSPS) is 27.9. The molecule has 3 nitrogen and oxygen atoms in total. The summed E-state index contributed by atoms with van der Waals surface area (Å²) in [4.78, 5) is 14.3. The third-order valence-electron chi connectivity index (χ3n) is 3.48. The predicted octanol–water partition coefficient (Wildman–Crippen LogP) is 1.57. The molecule has 1 aliphatic heterocycles. The molecule has 1 saturated heterocycles. The van der Waals surface area contributed by atoms with Gasteiger partial charge in [-0.15, -0.1) is 0 Å². The minimum Gasteiger partial charge on any atom is -0.338 e. The molecular weight excluding hydrogens is 220 g/mol. The first-order valence-corrected chi connectivity index (χ1v) is 7.50. The molecule has 0 aromatic heterocycles. The summed E-state index contributed by atoms with van der Waals surface area (Å²) < 4.78 is 0. The lowest BCUT2D eigenvalue weighted by Gasteiger charge is -2.40. The first kappa shape index (κ1) is 13.8. The Hall–Kier alpha value is -0.220. The van der Waals surface area contributed by atoms with Gasteiger partial charge < -0.3 is 10.6 Å². The van der Waals surface area contributed by atoms with Crippen LogP contribution in [0.4, 0.5) is 0 Å². The molecule has 1 amide bonds. The van der Waals surface area contributed by atoms with Crippen molar-refractivity contribution in [2.24, 2.45) is 17.6 Å². The van der Waals surface area contributed by atoms with Gasteiger partial charge in [-0.1, -0.05) is 13.8 Å². The Morgan fingerprint density at radius 1 is 1.62 bits per heavy atom. The summed E-state index contributed by atoms with van der Waals surface area (Å²) in [5, 5.41) is 0. The van der Waals surface area contributed by atoms with Gasteiger partial charge in [0.2, 0.25) is 5.91 Å². The highest BCUT2D eigenvalue weighted by Crippen LogP contribution is 2.24. The number of carbonyl (C=O) groups excluding carboxylic acids is 1. The maximum Gasteiger partial charge on any atom is 0.226 e. The lowest BCUT2D eigenvalue weighted by atomic mass is 9.90. The fourth-order valence-electron chi connectivity index (χ4n) is 2.49. The summed E-state index contributed by atoms with van der Waals surface area (Å²) in [6, 6.07) is 0.255. The Bertz CT molecular complexity index is 235. The molecule has 2 N–H and O–H groups in total. The molecule has 3 atom stereocenters. The van der Waals surface area contributed by atoms with E-state index in [0.717, 1.165) is 18.7 Å². The molecule has 0 aliphatic carbocycles. The molecule has 0 saturated carbocycles. The van der Waals surface area contributed by atoms with Crippen LogP contribution in [-0.2, 0) is 4.79 Å². The van der Waals surface area contributed by atoms with Crippen molar-refractivity contribution in [2.45, 2.75) is 32.7 Å². The minimum atomic E-state index is 0.120. The molecule has 1 fully saturated rings. The van der Waals surface area contributed by atoms with Gasteiger partial charge in [0.25, 0.3) is 0 Å². The average Bonchev–Trinajstić information content (AvgIpc) is 2.28. The van der Waals surface area contributed by atoms with E-state index in [1.807, 2.05) is 18.1 Å². The number of hydrogen-bond acceptors (Lipinski definition) is 3. The fraction of sp³-hybridized carbons (Fsp3) is 0.917. The Kier molecular flexibility index (Phi) is 5.62. The van der Waals surface area contributed by atoms with E-state index < -0.39 is 0 Å². The number of thioether (sulfide) groups is 1. The van der Waals surface area contributed by atoms with Gasteiger partial charge in [-0.3, -0.25) is 4.79 Å². The van der Waals surface area contributed by atoms with Crippen molar-refractivity contribution in [1.29, 1.82) is 0 Å². The van der Waals surface area contributed by atoms with Gasteiger partial charge in [0, 0.05) is 30.8 Å². The molecule has 4 heteroatoms. The number of hydrogen-bond donors (Lipinski definition) is 1. The van der Waals surface area contributed by atoms with Crippen molar-refractivity contribution in [3.8, 4) is 0 Å². The van der Waals surface area contributed by atoms with Crippen LogP contribution >= 0.6 is 11.8 Å². The Balaban J connectivity index is 2.65. The van der Waals surface area contributed by atoms with Crippen LogP contribution < -0.4 is 5.73 Å². The van der Waals surface area contributed by atoms with E-state index in [1.54, 1.807) is 11.8 Å². The average molecular weight is 244 g/mol. The van der Waals surface area contributed by atoms with Crippen LogP contribution in [0, 0.1) is 11.8 Å². The third-order valence-corrected chi connectivity index (χ3v) is 4.31. The zero-order valence-electron chi connectivity index (χ0n) is 10.6. The fourth-order valence-corrected chi connectivity index (χ4v) is 3.13. The third kappa shape index (κ3) is 3.14. The summed E-state index contributed by atoms with van der Waals surface area (Å²) in [7, 11) is 0. The zero-order valence-corrected chi connectivity index (χ0v) is 11.4. The maximum atomic E-state index is 12.3. The van der Waals surface area contributed by atoms with Gasteiger partial charge in [-0.25, -0.2) is 0 Å². The molecule has 0 aromatic rings. The van der Waals surface area contributed by atoms with Gasteiger partial charge in [0.05, 0.1) is 0 Å². The highest BCUT2D eigenvalue weighted by molar-refractivity contribution is 7.98. The van der Waals surface area contributed by atoms with E-state index in [0.29, 0.717) is 12.5 Å². The second-order valence-electron chi connectivity index (χ2n) is 4.81. The van der Waals surface area contributed by atoms with E-state index in [1.165, 1.54) is 6.42 Å². The number of rotatable bonds is 4. The van der Waals surface area contributed by atoms with Crippen molar-refractivity contribution in [1.82, 2.24) is 4.90 Å². The van der Waals surface area contributed by atoms with Crippen LogP contribution in [0.3, 0.4) is 0 Å². The quantitative estimate of drug-likeness (QED) is 0.816. The molecule has 1 aliphatic rings. The molecule has 1 rings (SSSR count). The van der Waals surface area contributed by atoms with Crippen LogP contribution in [0.1, 0.15) is 26.7 Å². The summed E-state index contributed by atoms with van der Waals surface area (Å²) in [5.41, 5.74) is 5.80. The highest BCUT2D eigenvalue weighted by Gasteiger charge is 2.32. The van der Waals surface area contributed by atoms with E-state index >= 15 is 0 Å². The summed E-state index contributed by atoms with van der Waals surface area (Å²) in [6.45, 7) is 5.71. The Morgan fingerprint density at radius 3 is 2.88 bits per heavy atom. The lowest BCUT2D eigenvalue weighted by molar-refractivity contribution is -0.139. The molecule has 1 heterocycles. The zero-order chi connectivity index (χ0) is 12.1. The van der Waals surface area contributed by atoms with Crippen LogP contribution in [0.25, 0.3) is 0 Å². The highest BCUT2D eigenvalue weighted by atomic mass is 32.2. The second-order valence-corrected chi connectivity index (χ2v) is 5.72. The number of nitrogens with zero attached hydrogens (tertiary/aromatic N) is 1. The topological polar surface area (TPSA) is 46.3 Å². The minimum absolute atomic E-state index is 0.120. The van der Waals surface area contributed by atoms with Crippen molar-refractivity contribution in [3.05, 3.63) is 0 Å². The smallest absolute Gasteiger partial charge is 0.226 e. The van der Waals surface area contributed by atoms with Crippen molar-refractivity contribution in [2.75, 3.05) is 25.1 Å². The summed E-state index contributed by atoms with van der Waals surface area (Å²) in [6.07, 6.45) is 4.36. The summed E-state index contributed by atoms with van der Waals surface area (Å²) >= 11 is 1.73. The Labute approximate surface area is 103 Å². The van der Waals surface area contributed by atoms with E-state index in [9.17, 15) is 4.79 Å². The van der Waals surface area contributed by atoms with Crippen molar-refractivity contribution in [3.63, 3.8) is 0 Å². The lowest BCUT2D eigenvalue weighted by Crippen LogP contribution is -2.53. The van der Waals surface area contributed by atoms with Gasteiger partial charge in [-0.05, 0) is 25.0 Å².